The molecule has 3 rings (SSSR count). The van der Waals surface area contributed by atoms with Crippen LogP contribution in [-0.4, -0.2) is 12.2 Å². The number of aliphatic hydroxyl groups is 1. The summed E-state index contributed by atoms with van der Waals surface area (Å²) in [5.41, 5.74) is 0.776. The molecule has 0 saturated heterocycles. The van der Waals surface area contributed by atoms with E-state index in [1.54, 1.807) is 30.6 Å². The number of hydrogen-bond donors (Lipinski definition) is 1. The Kier molecular flexibility index (Phi) is 3.66. The maximum absolute atomic E-state index is 10.5. The molecule has 0 aliphatic heterocycles. The molecule has 2 nitrogen and oxygen atoms in total. The van der Waals surface area contributed by atoms with E-state index in [1.807, 2.05) is 30.3 Å². The summed E-state index contributed by atoms with van der Waals surface area (Å²) in [6.45, 7) is 0. The van der Waals surface area contributed by atoms with Crippen LogP contribution in [0.2, 0.25) is 5.02 Å². The van der Waals surface area contributed by atoms with Gasteiger partial charge in [-0.05, 0) is 35.2 Å². The second-order valence-corrected chi connectivity index (χ2v) is 6.01. The van der Waals surface area contributed by atoms with Crippen LogP contribution in [0.1, 0.15) is 16.5 Å². The van der Waals surface area contributed by atoms with Crippen LogP contribution < -0.4 is 4.74 Å². The Balaban J connectivity index is 2.01. The van der Waals surface area contributed by atoms with Crippen molar-refractivity contribution in [2.45, 2.75) is 6.10 Å². The molecule has 0 aliphatic rings. The standard InChI is InChI=1S/C16H13ClO2S/c1-19-13-8-11(6-7-12(13)17)16(18)15-9-10-4-2-3-5-14(10)20-15/h2-9,16,18H,1H3. The predicted molar refractivity (Wildman–Crippen MR) is 83.9 cm³/mol. The molecule has 0 fully saturated rings. The molecule has 0 spiro atoms. The van der Waals surface area contributed by atoms with Gasteiger partial charge in [-0.3, -0.25) is 0 Å². The molecular weight excluding hydrogens is 292 g/mol. The molecule has 1 aromatic heterocycles. The molecule has 20 heavy (non-hydrogen) atoms. The van der Waals surface area contributed by atoms with E-state index < -0.39 is 6.10 Å². The van der Waals surface area contributed by atoms with Crippen molar-refractivity contribution < 1.29 is 9.84 Å². The topological polar surface area (TPSA) is 29.5 Å². The van der Waals surface area contributed by atoms with Crippen LogP contribution in [0, 0.1) is 0 Å². The van der Waals surface area contributed by atoms with Crippen molar-refractivity contribution >= 4 is 33.0 Å². The lowest BCUT2D eigenvalue weighted by molar-refractivity contribution is 0.223. The first-order chi connectivity index (χ1) is 9.69. The summed E-state index contributed by atoms with van der Waals surface area (Å²) in [6, 6.07) is 15.5. The van der Waals surface area contributed by atoms with Crippen molar-refractivity contribution in [2.24, 2.45) is 0 Å². The minimum atomic E-state index is -0.668. The molecule has 1 N–H and O–H groups in total. The molecule has 1 heterocycles. The lowest BCUT2D eigenvalue weighted by Gasteiger charge is -2.11. The summed E-state index contributed by atoms with van der Waals surface area (Å²) in [6.07, 6.45) is -0.668. The lowest BCUT2D eigenvalue weighted by atomic mass is 10.1. The molecule has 1 unspecified atom stereocenters. The predicted octanol–water partition coefficient (Wildman–Crippen LogP) is 4.65. The van der Waals surface area contributed by atoms with Crippen molar-refractivity contribution in [1.82, 2.24) is 0 Å². The first-order valence-corrected chi connectivity index (χ1v) is 7.38. The fraction of sp³-hybridized carbons (Fsp3) is 0.125. The molecule has 0 saturated carbocycles. The van der Waals surface area contributed by atoms with Crippen molar-refractivity contribution in [1.29, 1.82) is 0 Å². The number of aliphatic hydroxyl groups excluding tert-OH is 1. The van der Waals surface area contributed by atoms with Gasteiger partial charge >= 0.3 is 0 Å². The van der Waals surface area contributed by atoms with Crippen LogP contribution >= 0.6 is 22.9 Å². The van der Waals surface area contributed by atoms with E-state index in [9.17, 15) is 5.11 Å². The summed E-state index contributed by atoms with van der Waals surface area (Å²) in [5, 5.41) is 12.2. The Morgan fingerprint density at radius 3 is 2.70 bits per heavy atom. The average molecular weight is 305 g/mol. The molecular formula is C16H13ClO2S. The van der Waals surface area contributed by atoms with Gasteiger partial charge in [0, 0.05) is 9.58 Å². The Hall–Kier alpha value is -1.55. The number of halogens is 1. The zero-order valence-corrected chi connectivity index (χ0v) is 12.4. The van der Waals surface area contributed by atoms with Crippen LogP contribution in [0.3, 0.4) is 0 Å². The SMILES string of the molecule is COc1cc(C(O)c2cc3ccccc3s2)ccc1Cl. The normalized spacial score (nSPS) is 12.6. The summed E-state index contributed by atoms with van der Waals surface area (Å²) in [5.74, 6) is 0.573. The van der Waals surface area contributed by atoms with Crippen molar-refractivity contribution in [2.75, 3.05) is 7.11 Å². The summed E-state index contributed by atoms with van der Waals surface area (Å²) in [4.78, 5) is 0.913. The summed E-state index contributed by atoms with van der Waals surface area (Å²) >= 11 is 7.60. The summed E-state index contributed by atoms with van der Waals surface area (Å²) in [7, 11) is 1.57. The third-order valence-electron chi connectivity index (χ3n) is 3.20. The van der Waals surface area contributed by atoms with Gasteiger partial charge in [0.1, 0.15) is 11.9 Å². The van der Waals surface area contributed by atoms with E-state index in [1.165, 1.54) is 4.70 Å². The smallest absolute Gasteiger partial charge is 0.137 e. The highest BCUT2D eigenvalue weighted by Gasteiger charge is 2.15. The zero-order chi connectivity index (χ0) is 14.1. The van der Waals surface area contributed by atoms with Gasteiger partial charge in [0.15, 0.2) is 0 Å². The Morgan fingerprint density at radius 2 is 1.95 bits per heavy atom. The molecule has 2 aromatic carbocycles. The molecule has 1 atom stereocenters. The van der Waals surface area contributed by atoms with E-state index in [4.69, 9.17) is 16.3 Å². The van der Waals surface area contributed by atoms with Crippen LogP contribution in [0.4, 0.5) is 0 Å². The number of benzene rings is 2. The lowest BCUT2D eigenvalue weighted by Crippen LogP contribution is -1.97. The number of ether oxygens (including phenoxy) is 1. The van der Waals surface area contributed by atoms with Crippen LogP contribution in [0.15, 0.2) is 48.5 Å². The number of fused-ring (bicyclic) bond motifs is 1. The first-order valence-electron chi connectivity index (χ1n) is 6.19. The molecule has 3 aromatic rings. The van der Waals surface area contributed by atoms with E-state index >= 15 is 0 Å². The number of hydrogen-bond acceptors (Lipinski definition) is 3. The van der Waals surface area contributed by atoms with Crippen molar-refractivity contribution in [3.63, 3.8) is 0 Å². The third kappa shape index (κ3) is 2.40. The number of rotatable bonds is 3. The number of thiophene rings is 1. The fourth-order valence-corrected chi connectivity index (χ4v) is 3.42. The van der Waals surface area contributed by atoms with Gasteiger partial charge in [-0.25, -0.2) is 0 Å². The van der Waals surface area contributed by atoms with Crippen LogP contribution in [0.25, 0.3) is 10.1 Å². The largest absolute Gasteiger partial charge is 0.495 e. The highest BCUT2D eigenvalue weighted by Crippen LogP contribution is 2.35. The van der Waals surface area contributed by atoms with Gasteiger partial charge in [0.05, 0.1) is 12.1 Å². The maximum atomic E-state index is 10.5. The molecule has 0 aliphatic carbocycles. The minimum Gasteiger partial charge on any atom is -0.495 e. The molecule has 0 amide bonds. The van der Waals surface area contributed by atoms with Crippen molar-refractivity contribution in [3.8, 4) is 5.75 Å². The van der Waals surface area contributed by atoms with Crippen LogP contribution in [0.5, 0.6) is 5.75 Å². The quantitative estimate of drug-likeness (QED) is 0.763. The van der Waals surface area contributed by atoms with Gasteiger partial charge in [-0.15, -0.1) is 11.3 Å². The fourth-order valence-electron chi connectivity index (χ4n) is 2.15. The Labute approximate surface area is 126 Å². The Morgan fingerprint density at radius 1 is 1.15 bits per heavy atom. The van der Waals surface area contributed by atoms with Crippen molar-refractivity contribution in [3.05, 3.63) is 64.0 Å². The third-order valence-corrected chi connectivity index (χ3v) is 4.69. The summed E-state index contributed by atoms with van der Waals surface area (Å²) < 4.78 is 6.36. The monoisotopic (exact) mass is 304 g/mol. The second kappa shape index (κ2) is 5.44. The highest BCUT2D eigenvalue weighted by atomic mass is 35.5. The average Bonchev–Trinajstić information content (AvgIpc) is 2.91. The molecule has 4 heteroatoms. The van der Waals surface area contributed by atoms with E-state index in [2.05, 4.69) is 6.07 Å². The highest BCUT2D eigenvalue weighted by molar-refractivity contribution is 7.19. The van der Waals surface area contributed by atoms with Gasteiger partial charge < -0.3 is 9.84 Å². The first kappa shape index (κ1) is 13.4. The molecule has 0 radical (unpaired) electrons. The van der Waals surface area contributed by atoms with E-state index in [0.717, 1.165) is 15.8 Å². The van der Waals surface area contributed by atoms with Gasteiger partial charge in [-0.2, -0.15) is 0 Å². The van der Waals surface area contributed by atoms with Gasteiger partial charge in [-0.1, -0.05) is 35.9 Å². The molecule has 102 valence electrons. The minimum absolute atomic E-state index is 0.541. The van der Waals surface area contributed by atoms with E-state index in [-0.39, 0.29) is 0 Å². The molecule has 0 bridgehead atoms. The van der Waals surface area contributed by atoms with Gasteiger partial charge in [0.25, 0.3) is 0 Å². The zero-order valence-electron chi connectivity index (χ0n) is 10.8. The number of methoxy groups -OCH3 is 1. The van der Waals surface area contributed by atoms with E-state index in [0.29, 0.717) is 10.8 Å². The van der Waals surface area contributed by atoms with Crippen LogP contribution in [-0.2, 0) is 0 Å². The second-order valence-electron chi connectivity index (χ2n) is 4.48. The Bertz CT molecular complexity index is 718. The maximum Gasteiger partial charge on any atom is 0.137 e. The van der Waals surface area contributed by atoms with Gasteiger partial charge in [0.2, 0.25) is 0 Å².